The molecule has 3 fully saturated rings. The maximum absolute atomic E-state index is 5.86. The van der Waals surface area contributed by atoms with Crippen LogP contribution in [0.3, 0.4) is 0 Å². The van der Waals surface area contributed by atoms with E-state index in [1.807, 2.05) is 0 Å². The van der Waals surface area contributed by atoms with E-state index in [4.69, 9.17) is 8.94 Å². The van der Waals surface area contributed by atoms with Crippen molar-refractivity contribution in [1.29, 1.82) is 0 Å². The van der Waals surface area contributed by atoms with Crippen molar-refractivity contribution in [1.82, 2.24) is 25.2 Å². The molecule has 0 spiro atoms. The summed E-state index contributed by atoms with van der Waals surface area (Å²) in [5.41, 5.74) is 0. The molecule has 1 atom stereocenters. The fraction of sp³-hybridized carbons (Fsp3) is 0.765. The second-order valence-electron chi connectivity index (χ2n) is 7.50. The van der Waals surface area contributed by atoms with Gasteiger partial charge in [0.15, 0.2) is 5.82 Å². The predicted molar refractivity (Wildman–Crippen MR) is 84.4 cm³/mol. The SMILES string of the molecule is C1CC(c2nnc(CN3CCC[C@@H](c4noc(C5CC5)n4)C3)o2)C1. The van der Waals surface area contributed by atoms with Crippen LogP contribution in [0.15, 0.2) is 8.94 Å². The third kappa shape index (κ3) is 2.85. The molecule has 128 valence electrons. The number of hydrogen-bond donors (Lipinski definition) is 0. The molecular formula is C17H23N5O2. The first-order chi connectivity index (χ1) is 11.8. The van der Waals surface area contributed by atoms with Gasteiger partial charge in [-0.1, -0.05) is 11.6 Å². The van der Waals surface area contributed by atoms with E-state index in [0.717, 1.165) is 56.0 Å². The van der Waals surface area contributed by atoms with Gasteiger partial charge in [-0.2, -0.15) is 4.98 Å². The van der Waals surface area contributed by atoms with Crippen LogP contribution in [0.5, 0.6) is 0 Å². The molecule has 7 nitrogen and oxygen atoms in total. The molecule has 0 radical (unpaired) electrons. The highest BCUT2D eigenvalue weighted by molar-refractivity contribution is 5.05. The molecule has 2 saturated carbocycles. The van der Waals surface area contributed by atoms with Gasteiger partial charge in [-0.05, 0) is 45.1 Å². The Morgan fingerprint density at radius 3 is 2.54 bits per heavy atom. The molecule has 0 aromatic carbocycles. The summed E-state index contributed by atoms with van der Waals surface area (Å²) in [6.45, 7) is 2.72. The summed E-state index contributed by atoms with van der Waals surface area (Å²) >= 11 is 0. The first-order valence-corrected chi connectivity index (χ1v) is 9.23. The second kappa shape index (κ2) is 5.95. The zero-order chi connectivity index (χ0) is 15.9. The number of rotatable bonds is 5. The van der Waals surface area contributed by atoms with Gasteiger partial charge < -0.3 is 8.94 Å². The summed E-state index contributed by atoms with van der Waals surface area (Å²) in [5.74, 6) is 4.66. The summed E-state index contributed by atoms with van der Waals surface area (Å²) < 4.78 is 11.3. The first kappa shape index (κ1) is 14.6. The molecule has 7 heteroatoms. The topological polar surface area (TPSA) is 81.1 Å². The largest absolute Gasteiger partial charge is 0.424 e. The van der Waals surface area contributed by atoms with Crippen LogP contribution in [-0.2, 0) is 6.54 Å². The van der Waals surface area contributed by atoms with E-state index < -0.39 is 0 Å². The van der Waals surface area contributed by atoms with Crippen molar-refractivity contribution in [3.8, 4) is 0 Å². The lowest BCUT2D eigenvalue weighted by Crippen LogP contribution is -2.34. The fourth-order valence-electron chi connectivity index (χ4n) is 3.66. The van der Waals surface area contributed by atoms with Crippen LogP contribution in [0.1, 0.15) is 86.2 Å². The molecular weight excluding hydrogens is 306 g/mol. The molecule has 2 aliphatic carbocycles. The van der Waals surface area contributed by atoms with E-state index in [9.17, 15) is 0 Å². The Morgan fingerprint density at radius 1 is 0.917 bits per heavy atom. The minimum Gasteiger partial charge on any atom is -0.424 e. The molecule has 0 N–H and O–H groups in total. The van der Waals surface area contributed by atoms with Crippen molar-refractivity contribution in [3.05, 3.63) is 23.5 Å². The maximum Gasteiger partial charge on any atom is 0.230 e. The highest BCUT2D eigenvalue weighted by Crippen LogP contribution is 2.40. The summed E-state index contributed by atoms with van der Waals surface area (Å²) in [5, 5.41) is 12.7. The lowest BCUT2D eigenvalue weighted by atomic mass is 9.85. The first-order valence-electron chi connectivity index (χ1n) is 9.23. The quantitative estimate of drug-likeness (QED) is 0.834. The van der Waals surface area contributed by atoms with Crippen LogP contribution in [0.4, 0.5) is 0 Å². The Labute approximate surface area is 140 Å². The summed E-state index contributed by atoms with van der Waals surface area (Å²) in [6.07, 6.45) is 8.31. The van der Waals surface area contributed by atoms with Gasteiger partial charge in [0.2, 0.25) is 17.7 Å². The Bertz CT molecular complexity index is 703. The van der Waals surface area contributed by atoms with E-state index in [1.54, 1.807) is 0 Å². The van der Waals surface area contributed by atoms with E-state index in [-0.39, 0.29) is 0 Å². The number of hydrogen-bond acceptors (Lipinski definition) is 7. The van der Waals surface area contributed by atoms with Gasteiger partial charge in [0.1, 0.15) is 0 Å². The lowest BCUT2D eigenvalue weighted by molar-refractivity contribution is 0.176. The monoisotopic (exact) mass is 329 g/mol. The van der Waals surface area contributed by atoms with Crippen LogP contribution >= 0.6 is 0 Å². The van der Waals surface area contributed by atoms with Crippen molar-refractivity contribution < 1.29 is 8.94 Å². The highest BCUT2D eigenvalue weighted by Gasteiger charge is 2.32. The van der Waals surface area contributed by atoms with Crippen LogP contribution in [0, 0.1) is 0 Å². The Morgan fingerprint density at radius 2 is 1.75 bits per heavy atom. The molecule has 3 aliphatic rings. The van der Waals surface area contributed by atoms with Gasteiger partial charge in [0, 0.05) is 24.3 Å². The normalized spacial score (nSPS) is 25.8. The predicted octanol–water partition coefficient (Wildman–Crippen LogP) is 2.98. The Hall–Kier alpha value is -1.76. The van der Waals surface area contributed by atoms with Crippen molar-refractivity contribution in [2.24, 2.45) is 0 Å². The molecule has 0 bridgehead atoms. The molecule has 1 aliphatic heterocycles. The minimum absolute atomic E-state index is 0.351. The number of nitrogens with zero attached hydrogens (tertiary/aromatic N) is 5. The zero-order valence-corrected chi connectivity index (χ0v) is 13.9. The van der Waals surface area contributed by atoms with Gasteiger partial charge in [-0.15, -0.1) is 10.2 Å². The summed E-state index contributed by atoms with van der Waals surface area (Å²) in [4.78, 5) is 7.00. The van der Waals surface area contributed by atoms with Crippen LogP contribution in [0.2, 0.25) is 0 Å². The minimum atomic E-state index is 0.351. The van der Waals surface area contributed by atoms with E-state index in [0.29, 0.717) is 17.8 Å². The van der Waals surface area contributed by atoms with Crippen molar-refractivity contribution in [2.45, 2.75) is 69.2 Å². The smallest absolute Gasteiger partial charge is 0.230 e. The molecule has 5 rings (SSSR count). The molecule has 24 heavy (non-hydrogen) atoms. The van der Waals surface area contributed by atoms with Crippen LogP contribution in [-0.4, -0.2) is 38.3 Å². The van der Waals surface area contributed by atoms with E-state index in [1.165, 1.54) is 32.1 Å². The Kier molecular flexibility index (Phi) is 3.61. The molecule has 0 unspecified atom stereocenters. The van der Waals surface area contributed by atoms with Crippen molar-refractivity contribution >= 4 is 0 Å². The van der Waals surface area contributed by atoms with Gasteiger partial charge in [-0.25, -0.2) is 0 Å². The van der Waals surface area contributed by atoms with E-state index >= 15 is 0 Å². The maximum atomic E-state index is 5.86. The van der Waals surface area contributed by atoms with E-state index in [2.05, 4.69) is 25.2 Å². The van der Waals surface area contributed by atoms with Gasteiger partial charge in [-0.3, -0.25) is 4.90 Å². The average Bonchev–Trinajstić information content (AvgIpc) is 3.10. The second-order valence-corrected chi connectivity index (χ2v) is 7.50. The molecule has 3 heterocycles. The summed E-state index contributed by atoms with van der Waals surface area (Å²) in [7, 11) is 0. The van der Waals surface area contributed by atoms with Crippen molar-refractivity contribution in [2.75, 3.05) is 13.1 Å². The van der Waals surface area contributed by atoms with Crippen molar-refractivity contribution in [3.63, 3.8) is 0 Å². The molecule has 0 amide bonds. The Balaban J connectivity index is 1.22. The van der Waals surface area contributed by atoms with Crippen LogP contribution in [0.25, 0.3) is 0 Å². The molecule has 1 saturated heterocycles. The van der Waals surface area contributed by atoms with Crippen LogP contribution < -0.4 is 0 Å². The van der Waals surface area contributed by atoms with Gasteiger partial charge in [0.25, 0.3) is 0 Å². The number of aromatic nitrogens is 4. The zero-order valence-electron chi connectivity index (χ0n) is 13.9. The third-order valence-corrected chi connectivity index (χ3v) is 5.55. The molecule has 2 aromatic rings. The standard InChI is InChI=1S/C17H23N5O2/c1-3-11(4-1)17-20-19-14(23-17)10-22-8-2-5-13(9-22)15-18-16(24-21-15)12-6-7-12/h11-13H,1-10H2/t13-/m1/s1. The highest BCUT2D eigenvalue weighted by atomic mass is 16.5. The number of likely N-dealkylation sites (tertiary alicyclic amines) is 1. The third-order valence-electron chi connectivity index (χ3n) is 5.55. The lowest BCUT2D eigenvalue weighted by Gasteiger charge is -2.30. The number of piperidine rings is 1. The molecule has 2 aromatic heterocycles. The fourth-order valence-corrected chi connectivity index (χ4v) is 3.66. The van der Waals surface area contributed by atoms with Gasteiger partial charge in [0.05, 0.1) is 6.54 Å². The van der Waals surface area contributed by atoms with Gasteiger partial charge >= 0.3 is 0 Å². The average molecular weight is 329 g/mol. The summed E-state index contributed by atoms with van der Waals surface area (Å²) in [6, 6.07) is 0.